The highest BCUT2D eigenvalue weighted by Gasteiger charge is 2.30. The van der Waals surface area contributed by atoms with Crippen molar-refractivity contribution < 1.29 is 4.74 Å². The van der Waals surface area contributed by atoms with Crippen molar-refractivity contribution in [2.75, 3.05) is 25.1 Å². The smallest absolute Gasteiger partial charge is 0.186 e. The number of thiazole rings is 1. The number of hydrogen-bond donors (Lipinski definition) is 1. The van der Waals surface area contributed by atoms with Crippen molar-refractivity contribution in [1.82, 2.24) is 10.3 Å². The molecule has 2 rings (SSSR count). The third-order valence-electron chi connectivity index (χ3n) is 3.46. The molecule has 0 spiro atoms. The van der Waals surface area contributed by atoms with Crippen LogP contribution in [0.2, 0.25) is 0 Å². The summed E-state index contributed by atoms with van der Waals surface area (Å²) in [5, 5.41) is 4.68. The molecule has 4 nitrogen and oxygen atoms in total. The van der Waals surface area contributed by atoms with Gasteiger partial charge in [-0.15, -0.1) is 11.3 Å². The van der Waals surface area contributed by atoms with Gasteiger partial charge in [-0.1, -0.05) is 13.8 Å². The summed E-state index contributed by atoms with van der Waals surface area (Å²) in [4.78, 5) is 8.57. The average molecular weight is 297 g/mol. The summed E-state index contributed by atoms with van der Waals surface area (Å²) in [5.74, 6) is 0.673. The van der Waals surface area contributed by atoms with E-state index in [-0.39, 0.29) is 0 Å². The molecule has 0 aromatic carbocycles. The molecule has 20 heavy (non-hydrogen) atoms. The quantitative estimate of drug-likeness (QED) is 0.760. The van der Waals surface area contributed by atoms with E-state index in [1.807, 2.05) is 11.3 Å². The zero-order valence-electron chi connectivity index (χ0n) is 13.1. The van der Waals surface area contributed by atoms with E-state index in [0.29, 0.717) is 12.5 Å². The van der Waals surface area contributed by atoms with Crippen LogP contribution in [0, 0.1) is 5.92 Å². The molecule has 1 heterocycles. The van der Waals surface area contributed by atoms with E-state index in [9.17, 15) is 0 Å². The van der Waals surface area contributed by atoms with Crippen LogP contribution >= 0.6 is 11.3 Å². The summed E-state index contributed by atoms with van der Waals surface area (Å²) in [6.07, 6.45) is 2.63. The maximum Gasteiger partial charge on any atom is 0.186 e. The van der Waals surface area contributed by atoms with E-state index in [4.69, 9.17) is 9.72 Å². The Labute approximate surface area is 126 Å². The molecule has 0 saturated heterocycles. The lowest BCUT2D eigenvalue weighted by molar-refractivity contribution is 0.181. The van der Waals surface area contributed by atoms with Gasteiger partial charge in [0.25, 0.3) is 0 Å². The summed E-state index contributed by atoms with van der Waals surface area (Å²) in [7, 11) is 1.74. The van der Waals surface area contributed by atoms with Crippen LogP contribution in [0.5, 0.6) is 0 Å². The lowest BCUT2D eigenvalue weighted by Crippen LogP contribution is -2.24. The van der Waals surface area contributed by atoms with Gasteiger partial charge in [0.15, 0.2) is 5.13 Å². The van der Waals surface area contributed by atoms with Gasteiger partial charge in [0.1, 0.15) is 0 Å². The SMILES string of the molecule is CCN(c1nc(COC)c(CNCC(C)C)s1)C1CC1. The number of methoxy groups -OCH3 is 1. The Morgan fingerprint density at radius 2 is 2.20 bits per heavy atom. The lowest BCUT2D eigenvalue weighted by atomic mass is 10.2. The topological polar surface area (TPSA) is 37.4 Å². The monoisotopic (exact) mass is 297 g/mol. The summed E-state index contributed by atoms with van der Waals surface area (Å²) < 4.78 is 5.30. The van der Waals surface area contributed by atoms with Crippen molar-refractivity contribution >= 4 is 16.5 Å². The minimum atomic E-state index is 0.609. The third-order valence-corrected chi connectivity index (χ3v) is 4.59. The first-order chi connectivity index (χ1) is 9.65. The molecule has 1 aromatic heterocycles. The zero-order valence-corrected chi connectivity index (χ0v) is 13.9. The fourth-order valence-corrected chi connectivity index (χ4v) is 3.46. The molecule has 1 fully saturated rings. The molecule has 0 aliphatic heterocycles. The Morgan fingerprint density at radius 1 is 1.45 bits per heavy atom. The molecule has 114 valence electrons. The fraction of sp³-hybridized carbons (Fsp3) is 0.800. The van der Waals surface area contributed by atoms with Crippen molar-refractivity contribution in [3.8, 4) is 0 Å². The molecule has 0 radical (unpaired) electrons. The zero-order chi connectivity index (χ0) is 14.5. The number of hydrogen-bond acceptors (Lipinski definition) is 5. The van der Waals surface area contributed by atoms with E-state index in [2.05, 4.69) is 31.0 Å². The summed E-state index contributed by atoms with van der Waals surface area (Å²) in [5.41, 5.74) is 1.10. The Morgan fingerprint density at radius 3 is 2.75 bits per heavy atom. The van der Waals surface area contributed by atoms with Crippen molar-refractivity contribution in [3.63, 3.8) is 0 Å². The highest BCUT2D eigenvalue weighted by atomic mass is 32.1. The molecule has 1 aliphatic rings. The van der Waals surface area contributed by atoms with E-state index >= 15 is 0 Å². The van der Waals surface area contributed by atoms with Crippen LogP contribution in [0.25, 0.3) is 0 Å². The van der Waals surface area contributed by atoms with Crippen LogP contribution in [0.1, 0.15) is 44.2 Å². The van der Waals surface area contributed by atoms with E-state index in [0.717, 1.165) is 31.4 Å². The molecule has 0 bridgehead atoms. The van der Waals surface area contributed by atoms with E-state index in [1.54, 1.807) is 7.11 Å². The number of anilines is 1. The number of rotatable bonds is 9. The van der Waals surface area contributed by atoms with Crippen LogP contribution < -0.4 is 10.2 Å². The Hall–Kier alpha value is -0.650. The van der Waals surface area contributed by atoms with Gasteiger partial charge in [-0.05, 0) is 32.2 Å². The van der Waals surface area contributed by atoms with Gasteiger partial charge in [0, 0.05) is 31.1 Å². The maximum absolute atomic E-state index is 5.30. The highest BCUT2D eigenvalue weighted by Crippen LogP contribution is 2.35. The first-order valence-electron chi connectivity index (χ1n) is 7.60. The number of nitrogens with zero attached hydrogens (tertiary/aromatic N) is 2. The van der Waals surface area contributed by atoms with Gasteiger partial charge >= 0.3 is 0 Å². The van der Waals surface area contributed by atoms with Crippen LogP contribution in [0.3, 0.4) is 0 Å². The summed E-state index contributed by atoms with van der Waals surface area (Å²) in [6.45, 7) is 10.3. The van der Waals surface area contributed by atoms with Gasteiger partial charge in [0.05, 0.1) is 12.3 Å². The van der Waals surface area contributed by atoms with Gasteiger partial charge in [-0.2, -0.15) is 0 Å². The van der Waals surface area contributed by atoms with E-state index < -0.39 is 0 Å². The first-order valence-corrected chi connectivity index (χ1v) is 8.42. The van der Waals surface area contributed by atoms with Crippen LogP contribution in [0.15, 0.2) is 0 Å². The van der Waals surface area contributed by atoms with E-state index in [1.165, 1.54) is 22.9 Å². The second kappa shape index (κ2) is 7.38. The molecule has 0 atom stereocenters. The first kappa shape index (κ1) is 15.7. The summed E-state index contributed by atoms with van der Waals surface area (Å²) in [6, 6.07) is 0.720. The second-order valence-corrected chi connectivity index (χ2v) is 6.90. The molecule has 1 aliphatic carbocycles. The Kier molecular flexibility index (Phi) is 5.81. The number of nitrogens with one attached hydrogen (secondary N) is 1. The van der Waals surface area contributed by atoms with Gasteiger partial charge in [-0.25, -0.2) is 4.98 Å². The predicted octanol–water partition coefficient (Wildman–Crippen LogP) is 3.02. The molecule has 0 unspecified atom stereocenters. The number of ether oxygens (including phenoxy) is 1. The van der Waals surface area contributed by atoms with Crippen LogP contribution in [-0.4, -0.2) is 31.2 Å². The Bertz CT molecular complexity index is 415. The standard InChI is InChI=1S/C15H27N3OS/c1-5-18(12-6-7-12)15-17-13(10-19-4)14(20-15)9-16-8-11(2)3/h11-12,16H,5-10H2,1-4H3. The van der Waals surface area contributed by atoms with Crippen molar-refractivity contribution in [1.29, 1.82) is 0 Å². The molecule has 0 amide bonds. The minimum Gasteiger partial charge on any atom is -0.378 e. The normalized spacial score (nSPS) is 15.1. The summed E-state index contributed by atoms with van der Waals surface area (Å²) >= 11 is 1.82. The van der Waals surface area contributed by atoms with Gasteiger partial charge in [0.2, 0.25) is 0 Å². The van der Waals surface area contributed by atoms with Crippen molar-refractivity contribution in [2.24, 2.45) is 5.92 Å². The molecule has 1 N–H and O–H groups in total. The van der Waals surface area contributed by atoms with Crippen LogP contribution in [0.4, 0.5) is 5.13 Å². The molecule has 1 saturated carbocycles. The fourth-order valence-electron chi connectivity index (χ4n) is 2.29. The third kappa shape index (κ3) is 4.17. The lowest BCUT2D eigenvalue weighted by Gasteiger charge is -2.18. The second-order valence-electron chi connectivity index (χ2n) is 5.84. The predicted molar refractivity (Wildman–Crippen MR) is 85.4 cm³/mol. The van der Waals surface area contributed by atoms with Crippen molar-refractivity contribution in [3.05, 3.63) is 10.6 Å². The van der Waals surface area contributed by atoms with Crippen molar-refractivity contribution in [2.45, 2.75) is 52.8 Å². The average Bonchev–Trinajstić information content (AvgIpc) is 3.15. The Balaban J connectivity index is 2.05. The van der Waals surface area contributed by atoms with Gasteiger partial charge < -0.3 is 15.0 Å². The highest BCUT2D eigenvalue weighted by molar-refractivity contribution is 7.15. The number of aromatic nitrogens is 1. The molecule has 1 aromatic rings. The minimum absolute atomic E-state index is 0.609. The van der Waals surface area contributed by atoms with Gasteiger partial charge in [-0.3, -0.25) is 0 Å². The molecule has 5 heteroatoms. The molecular formula is C15H27N3OS. The maximum atomic E-state index is 5.30. The largest absolute Gasteiger partial charge is 0.378 e. The molecular weight excluding hydrogens is 270 g/mol. The van der Waals surface area contributed by atoms with Crippen LogP contribution in [-0.2, 0) is 17.9 Å².